The molecule has 2 N–H and O–H groups in total. The van der Waals surface area contributed by atoms with Crippen LogP contribution in [0.2, 0.25) is 0 Å². The Morgan fingerprint density at radius 1 is 1.08 bits per heavy atom. The lowest BCUT2D eigenvalue weighted by atomic mass is 9.97. The standard InChI is InChI=1S/C20H24N4O/c1-15-7-9-17(10-8-15)22-20(25)18-11-12-19(24-23-18)21-14-13-16-5-3-2-4-6-16/h5,7-12H,2-4,6,13-14H2,1H3,(H,21,24)(H,22,25). The second-order valence-corrected chi connectivity index (χ2v) is 6.41. The molecular weight excluding hydrogens is 312 g/mol. The zero-order chi connectivity index (χ0) is 17.5. The predicted molar refractivity (Wildman–Crippen MR) is 101 cm³/mol. The largest absolute Gasteiger partial charge is 0.368 e. The third-order valence-electron chi connectivity index (χ3n) is 4.34. The van der Waals surface area contributed by atoms with Crippen molar-refractivity contribution in [3.63, 3.8) is 0 Å². The van der Waals surface area contributed by atoms with Gasteiger partial charge in [0.15, 0.2) is 5.69 Å². The summed E-state index contributed by atoms with van der Waals surface area (Å²) in [6.45, 7) is 2.85. The summed E-state index contributed by atoms with van der Waals surface area (Å²) in [6, 6.07) is 11.1. The molecule has 1 amide bonds. The van der Waals surface area contributed by atoms with Gasteiger partial charge in [0.05, 0.1) is 0 Å². The van der Waals surface area contributed by atoms with Gasteiger partial charge in [-0.2, -0.15) is 0 Å². The first-order valence-corrected chi connectivity index (χ1v) is 8.84. The van der Waals surface area contributed by atoms with Crippen LogP contribution >= 0.6 is 0 Å². The number of hydrogen-bond acceptors (Lipinski definition) is 4. The van der Waals surface area contributed by atoms with Gasteiger partial charge in [-0.05, 0) is 63.3 Å². The maximum atomic E-state index is 12.2. The molecule has 1 aromatic carbocycles. The number of benzene rings is 1. The highest BCUT2D eigenvalue weighted by Crippen LogP contribution is 2.20. The van der Waals surface area contributed by atoms with E-state index >= 15 is 0 Å². The molecule has 0 fully saturated rings. The van der Waals surface area contributed by atoms with Crippen molar-refractivity contribution in [1.82, 2.24) is 10.2 Å². The number of nitrogens with one attached hydrogen (secondary N) is 2. The lowest BCUT2D eigenvalue weighted by Crippen LogP contribution is -2.15. The first-order chi connectivity index (χ1) is 12.2. The number of aromatic nitrogens is 2. The average Bonchev–Trinajstić information content (AvgIpc) is 2.65. The van der Waals surface area contributed by atoms with E-state index in [2.05, 4.69) is 26.9 Å². The summed E-state index contributed by atoms with van der Waals surface area (Å²) in [6.07, 6.45) is 8.43. The lowest BCUT2D eigenvalue weighted by molar-refractivity contribution is 0.102. The fourth-order valence-electron chi connectivity index (χ4n) is 2.86. The summed E-state index contributed by atoms with van der Waals surface area (Å²) in [7, 11) is 0. The van der Waals surface area contributed by atoms with E-state index in [0.717, 1.165) is 24.2 Å². The van der Waals surface area contributed by atoms with Crippen LogP contribution in [0.15, 0.2) is 48.0 Å². The third kappa shape index (κ3) is 5.14. The summed E-state index contributed by atoms with van der Waals surface area (Å²) < 4.78 is 0. The Labute approximate surface area is 148 Å². The van der Waals surface area contributed by atoms with Gasteiger partial charge < -0.3 is 10.6 Å². The minimum absolute atomic E-state index is 0.254. The molecular formula is C20H24N4O. The molecule has 0 saturated heterocycles. The SMILES string of the molecule is Cc1ccc(NC(=O)c2ccc(NCCC3=CCCCC3)nn2)cc1. The van der Waals surface area contributed by atoms with E-state index < -0.39 is 0 Å². The molecule has 0 aliphatic heterocycles. The highest BCUT2D eigenvalue weighted by Gasteiger charge is 2.09. The maximum Gasteiger partial charge on any atom is 0.276 e. The normalized spacial score (nSPS) is 13.9. The Morgan fingerprint density at radius 3 is 2.60 bits per heavy atom. The molecule has 0 radical (unpaired) electrons. The van der Waals surface area contributed by atoms with Gasteiger partial charge in [0.2, 0.25) is 0 Å². The molecule has 1 aliphatic rings. The predicted octanol–water partition coefficient (Wildman–Crippen LogP) is 4.34. The van der Waals surface area contributed by atoms with Crippen molar-refractivity contribution in [3.8, 4) is 0 Å². The minimum Gasteiger partial charge on any atom is -0.368 e. The molecule has 1 aromatic heterocycles. The van der Waals surface area contributed by atoms with Crippen LogP contribution in [0.1, 0.15) is 48.2 Å². The minimum atomic E-state index is -0.254. The van der Waals surface area contributed by atoms with E-state index in [1.807, 2.05) is 31.2 Å². The van der Waals surface area contributed by atoms with Crippen molar-refractivity contribution in [2.45, 2.75) is 39.0 Å². The molecule has 1 heterocycles. The Balaban J connectivity index is 1.50. The molecule has 5 heteroatoms. The second-order valence-electron chi connectivity index (χ2n) is 6.41. The molecule has 0 bridgehead atoms. The van der Waals surface area contributed by atoms with Crippen LogP contribution in [0.3, 0.4) is 0 Å². The number of nitrogens with zero attached hydrogens (tertiary/aromatic N) is 2. The zero-order valence-corrected chi connectivity index (χ0v) is 14.6. The van der Waals surface area contributed by atoms with Crippen LogP contribution in [-0.4, -0.2) is 22.6 Å². The van der Waals surface area contributed by atoms with Crippen molar-refractivity contribution in [3.05, 3.63) is 59.3 Å². The number of anilines is 2. The number of carbonyl (C=O) groups is 1. The van der Waals surface area contributed by atoms with E-state index in [0.29, 0.717) is 11.5 Å². The number of hydrogen-bond donors (Lipinski definition) is 2. The van der Waals surface area contributed by atoms with Crippen LogP contribution in [0.4, 0.5) is 11.5 Å². The van der Waals surface area contributed by atoms with Gasteiger partial charge in [0, 0.05) is 12.2 Å². The smallest absolute Gasteiger partial charge is 0.276 e. The molecule has 130 valence electrons. The molecule has 1 aliphatic carbocycles. The molecule has 0 unspecified atom stereocenters. The average molecular weight is 336 g/mol. The highest BCUT2D eigenvalue weighted by atomic mass is 16.1. The number of carbonyl (C=O) groups excluding carboxylic acids is 1. The highest BCUT2D eigenvalue weighted by molar-refractivity contribution is 6.02. The summed E-state index contributed by atoms with van der Waals surface area (Å²) in [5.74, 6) is 0.443. The monoisotopic (exact) mass is 336 g/mol. The number of rotatable bonds is 6. The number of allylic oxidation sites excluding steroid dienone is 1. The molecule has 2 aromatic rings. The van der Waals surface area contributed by atoms with E-state index in [1.54, 1.807) is 12.1 Å². The van der Waals surface area contributed by atoms with Crippen molar-refractivity contribution in [2.24, 2.45) is 0 Å². The first kappa shape index (κ1) is 17.1. The quantitative estimate of drug-likeness (QED) is 0.770. The van der Waals surface area contributed by atoms with Crippen LogP contribution in [0, 0.1) is 6.92 Å². The molecule has 0 saturated carbocycles. The van der Waals surface area contributed by atoms with Gasteiger partial charge in [-0.15, -0.1) is 10.2 Å². The topological polar surface area (TPSA) is 66.9 Å². The van der Waals surface area contributed by atoms with Gasteiger partial charge in [-0.25, -0.2) is 0 Å². The Bertz CT molecular complexity index is 735. The van der Waals surface area contributed by atoms with Crippen molar-refractivity contribution in [1.29, 1.82) is 0 Å². The van der Waals surface area contributed by atoms with Crippen molar-refractivity contribution >= 4 is 17.4 Å². The zero-order valence-electron chi connectivity index (χ0n) is 14.6. The van der Waals surface area contributed by atoms with Gasteiger partial charge in [-0.1, -0.05) is 29.3 Å². The van der Waals surface area contributed by atoms with E-state index in [-0.39, 0.29) is 5.91 Å². The van der Waals surface area contributed by atoms with E-state index in [1.165, 1.54) is 31.3 Å². The van der Waals surface area contributed by atoms with Crippen LogP contribution in [0.25, 0.3) is 0 Å². The van der Waals surface area contributed by atoms with Gasteiger partial charge in [0.25, 0.3) is 5.91 Å². The van der Waals surface area contributed by atoms with E-state index in [9.17, 15) is 4.79 Å². The molecule has 5 nitrogen and oxygen atoms in total. The number of amides is 1. The van der Waals surface area contributed by atoms with Gasteiger partial charge in [-0.3, -0.25) is 4.79 Å². The Kier molecular flexibility index (Phi) is 5.77. The molecule has 25 heavy (non-hydrogen) atoms. The first-order valence-electron chi connectivity index (χ1n) is 8.84. The molecule has 3 rings (SSSR count). The Morgan fingerprint density at radius 2 is 1.92 bits per heavy atom. The van der Waals surface area contributed by atoms with Crippen LogP contribution < -0.4 is 10.6 Å². The second kappa shape index (κ2) is 8.42. The van der Waals surface area contributed by atoms with Crippen molar-refractivity contribution < 1.29 is 4.79 Å². The van der Waals surface area contributed by atoms with E-state index in [4.69, 9.17) is 0 Å². The lowest BCUT2D eigenvalue weighted by Gasteiger charge is -2.13. The van der Waals surface area contributed by atoms with Crippen LogP contribution in [-0.2, 0) is 0 Å². The molecule has 0 spiro atoms. The van der Waals surface area contributed by atoms with Crippen molar-refractivity contribution in [2.75, 3.05) is 17.2 Å². The van der Waals surface area contributed by atoms with Gasteiger partial charge in [0.1, 0.15) is 5.82 Å². The third-order valence-corrected chi connectivity index (χ3v) is 4.34. The number of aryl methyl sites for hydroxylation is 1. The summed E-state index contributed by atoms with van der Waals surface area (Å²) in [5, 5.41) is 14.2. The Hall–Kier alpha value is -2.69. The summed E-state index contributed by atoms with van der Waals surface area (Å²) in [4.78, 5) is 12.2. The molecule has 0 atom stereocenters. The fraction of sp³-hybridized carbons (Fsp3) is 0.350. The van der Waals surface area contributed by atoms with Crippen LogP contribution in [0.5, 0.6) is 0 Å². The fourth-order valence-corrected chi connectivity index (χ4v) is 2.86. The van der Waals surface area contributed by atoms with Gasteiger partial charge >= 0.3 is 0 Å². The summed E-state index contributed by atoms with van der Waals surface area (Å²) in [5.41, 5.74) is 3.74. The maximum absolute atomic E-state index is 12.2. The summed E-state index contributed by atoms with van der Waals surface area (Å²) >= 11 is 0.